The van der Waals surface area contributed by atoms with Crippen molar-refractivity contribution in [2.45, 2.75) is 18.9 Å². The van der Waals surface area contributed by atoms with Gasteiger partial charge in [0.1, 0.15) is 0 Å². The quantitative estimate of drug-likeness (QED) is 0.895. The van der Waals surface area contributed by atoms with Crippen LogP contribution in [0.15, 0.2) is 59.4 Å². The van der Waals surface area contributed by atoms with Crippen LogP contribution in [-0.2, 0) is 0 Å². The van der Waals surface area contributed by atoms with Gasteiger partial charge in [0.25, 0.3) is 0 Å². The van der Waals surface area contributed by atoms with Crippen molar-refractivity contribution in [2.75, 3.05) is 13.1 Å². The van der Waals surface area contributed by atoms with Gasteiger partial charge in [0.05, 0.1) is 11.6 Å². The molecular weight excluding hydrogens is 308 g/mol. The van der Waals surface area contributed by atoms with Gasteiger partial charge in [0.2, 0.25) is 0 Å². The van der Waals surface area contributed by atoms with Crippen molar-refractivity contribution >= 4 is 11.8 Å². The number of nitriles is 1. The molecule has 0 radical (unpaired) electrons. The Bertz CT molecular complexity index is 803. The highest BCUT2D eigenvalue weighted by Crippen LogP contribution is 2.34. The molecule has 3 aliphatic rings. The minimum atomic E-state index is 0.280. The summed E-state index contributed by atoms with van der Waals surface area (Å²) in [5.41, 5.74) is 4.21. The lowest BCUT2D eigenvalue weighted by Crippen LogP contribution is -2.42. The molecule has 4 nitrogen and oxygen atoms in total. The minimum Gasteiger partial charge on any atom is -0.385 e. The first-order chi connectivity index (χ1) is 12.3. The summed E-state index contributed by atoms with van der Waals surface area (Å²) < 4.78 is 0. The Morgan fingerprint density at radius 1 is 1.24 bits per heavy atom. The SMILES string of the molecule is N#Cc1cccc(C2=CC3C=CN=CC3C(NC3CCNCC3)=C2)c1. The summed E-state index contributed by atoms with van der Waals surface area (Å²) in [7, 11) is 0. The van der Waals surface area contributed by atoms with Crippen molar-refractivity contribution in [3.8, 4) is 6.07 Å². The van der Waals surface area contributed by atoms with Crippen molar-refractivity contribution in [1.29, 1.82) is 5.26 Å². The molecule has 1 aromatic carbocycles. The molecule has 0 bridgehead atoms. The molecule has 4 heteroatoms. The van der Waals surface area contributed by atoms with Crippen LogP contribution in [0.3, 0.4) is 0 Å². The van der Waals surface area contributed by atoms with Gasteiger partial charge in [0.15, 0.2) is 0 Å². The Morgan fingerprint density at radius 3 is 2.96 bits per heavy atom. The number of rotatable bonds is 3. The minimum absolute atomic E-state index is 0.280. The van der Waals surface area contributed by atoms with Crippen molar-refractivity contribution in [3.05, 3.63) is 65.5 Å². The number of piperidine rings is 1. The van der Waals surface area contributed by atoms with Crippen LogP contribution in [0.2, 0.25) is 0 Å². The molecule has 1 aliphatic carbocycles. The smallest absolute Gasteiger partial charge is 0.0991 e. The third kappa shape index (κ3) is 3.42. The largest absolute Gasteiger partial charge is 0.385 e. The van der Waals surface area contributed by atoms with E-state index in [1.54, 1.807) is 0 Å². The number of nitrogens with zero attached hydrogens (tertiary/aromatic N) is 2. The highest BCUT2D eigenvalue weighted by molar-refractivity contribution is 5.81. The van der Waals surface area contributed by atoms with E-state index in [1.807, 2.05) is 30.6 Å². The maximum absolute atomic E-state index is 9.18. The number of allylic oxidation sites excluding steroid dienone is 5. The number of hydrogen-bond acceptors (Lipinski definition) is 4. The first-order valence-electron chi connectivity index (χ1n) is 8.95. The molecule has 0 saturated carbocycles. The van der Waals surface area contributed by atoms with Crippen LogP contribution in [0.5, 0.6) is 0 Å². The number of benzene rings is 1. The summed E-state index contributed by atoms with van der Waals surface area (Å²) in [6.45, 7) is 2.14. The lowest BCUT2D eigenvalue weighted by atomic mass is 9.80. The molecule has 1 saturated heterocycles. The molecule has 2 unspecified atom stereocenters. The molecule has 2 N–H and O–H groups in total. The van der Waals surface area contributed by atoms with Gasteiger partial charge in [-0.15, -0.1) is 0 Å². The highest BCUT2D eigenvalue weighted by Gasteiger charge is 2.28. The van der Waals surface area contributed by atoms with E-state index in [4.69, 9.17) is 0 Å². The summed E-state index contributed by atoms with van der Waals surface area (Å²) >= 11 is 0. The maximum atomic E-state index is 9.18. The molecule has 25 heavy (non-hydrogen) atoms. The number of nitrogens with one attached hydrogen (secondary N) is 2. The second-order valence-electron chi connectivity index (χ2n) is 6.83. The first kappa shape index (κ1) is 15.9. The third-order valence-electron chi connectivity index (χ3n) is 5.13. The molecule has 4 rings (SSSR count). The van der Waals surface area contributed by atoms with E-state index in [0.717, 1.165) is 31.5 Å². The lowest BCUT2D eigenvalue weighted by molar-refractivity contribution is 0.398. The zero-order valence-corrected chi connectivity index (χ0v) is 14.2. The van der Waals surface area contributed by atoms with Crippen LogP contribution in [0.1, 0.15) is 24.0 Å². The standard InChI is InChI=1S/C21H22N4/c22-13-15-2-1-3-16(10-15)18-11-17-4-7-24-14-20(17)21(12-18)25-19-5-8-23-9-6-19/h1-4,7,10-12,14,17,19-20,23,25H,5-6,8-9H2. The van der Waals surface area contributed by atoms with E-state index in [1.165, 1.54) is 11.3 Å². The number of fused-ring (bicyclic) bond motifs is 1. The Labute approximate surface area is 148 Å². The average Bonchev–Trinajstić information content (AvgIpc) is 2.69. The zero-order valence-electron chi connectivity index (χ0n) is 14.2. The number of hydrogen-bond donors (Lipinski definition) is 2. The van der Waals surface area contributed by atoms with Crippen LogP contribution in [0.4, 0.5) is 0 Å². The average molecular weight is 330 g/mol. The van der Waals surface area contributed by atoms with Crippen LogP contribution in [0, 0.1) is 23.2 Å². The summed E-state index contributed by atoms with van der Waals surface area (Å²) in [6, 6.07) is 10.6. The van der Waals surface area contributed by atoms with E-state index in [0.29, 0.717) is 17.5 Å². The van der Waals surface area contributed by atoms with E-state index < -0.39 is 0 Å². The highest BCUT2D eigenvalue weighted by atomic mass is 15.0. The molecule has 2 heterocycles. The second-order valence-corrected chi connectivity index (χ2v) is 6.83. The Hall–Kier alpha value is -2.64. The normalized spacial score (nSPS) is 25.6. The fourth-order valence-corrected chi connectivity index (χ4v) is 3.76. The molecule has 0 aromatic heterocycles. The third-order valence-corrected chi connectivity index (χ3v) is 5.13. The van der Waals surface area contributed by atoms with Crippen molar-refractivity contribution in [1.82, 2.24) is 10.6 Å². The predicted molar refractivity (Wildman–Crippen MR) is 101 cm³/mol. The van der Waals surface area contributed by atoms with Gasteiger partial charge in [-0.3, -0.25) is 4.99 Å². The zero-order chi connectivity index (χ0) is 17.1. The van der Waals surface area contributed by atoms with E-state index in [9.17, 15) is 5.26 Å². The van der Waals surface area contributed by atoms with Crippen LogP contribution in [0.25, 0.3) is 5.57 Å². The van der Waals surface area contributed by atoms with Gasteiger partial charge < -0.3 is 10.6 Å². The van der Waals surface area contributed by atoms with Gasteiger partial charge in [-0.05, 0) is 55.3 Å². The maximum Gasteiger partial charge on any atom is 0.0991 e. The van der Waals surface area contributed by atoms with Crippen molar-refractivity contribution in [3.63, 3.8) is 0 Å². The monoisotopic (exact) mass is 330 g/mol. The first-order valence-corrected chi connectivity index (χ1v) is 8.95. The molecule has 1 fully saturated rings. The topological polar surface area (TPSA) is 60.2 Å². The van der Waals surface area contributed by atoms with Crippen LogP contribution >= 0.6 is 0 Å². The van der Waals surface area contributed by atoms with Gasteiger partial charge in [-0.25, -0.2) is 0 Å². The van der Waals surface area contributed by atoms with Gasteiger partial charge in [0, 0.05) is 36.0 Å². The fourth-order valence-electron chi connectivity index (χ4n) is 3.76. The Kier molecular flexibility index (Phi) is 4.49. The summed E-state index contributed by atoms with van der Waals surface area (Å²) in [6.07, 6.45) is 12.9. The molecule has 0 spiro atoms. The Balaban J connectivity index is 1.66. The lowest BCUT2D eigenvalue weighted by Gasteiger charge is -2.33. The Morgan fingerprint density at radius 2 is 2.12 bits per heavy atom. The van der Waals surface area contributed by atoms with E-state index in [-0.39, 0.29) is 5.92 Å². The molecule has 126 valence electrons. The van der Waals surface area contributed by atoms with Crippen LogP contribution < -0.4 is 10.6 Å². The van der Waals surface area contributed by atoms with E-state index in [2.05, 4.69) is 46.0 Å². The second kappa shape index (κ2) is 7.08. The van der Waals surface area contributed by atoms with Crippen molar-refractivity contribution in [2.24, 2.45) is 16.8 Å². The fraction of sp³-hybridized carbons (Fsp3) is 0.333. The van der Waals surface area contributed by atoms with Crippen molar-refractivity contribution < 1.29 is 0 Å². The molecule has 0 amide bonds. The molecule has 2 aliphatic heterocycles. The number of aliphatic imine (C=N–C) groups is 1. The summed E-state index contributed by atoms with van der Waals surface area (Å²) in [5.74, 6) is 0.593. The van der Waals surface area contributed by atoms with Gasteiger partial charge >= 0.3 is 0 Å². The van der Waals surface area contributed by atoms with Gasteiger partial charge in [-0.2, -0.15) is 5.26 Å². The molecular formula is C21H22N4. The van der Waals surface area contributed by atoms with Gasteiger partial charge in [-0.1, -0.05) is 24.3 Å². The molecule has 2 atom stereocenters. The molecule has 1 aromatic rings. The van der Waals surface area contributed by atoms with E-state index >= 15 is 0 Å². The summed E-state index contributed by atoms with van der Waals surface area (Å²) in [4.78, 5) is 4.36. The summed E-state index contributed by atoms with van der Waals surface area (Å²) in [5, 5.41) is 16.4. The predicted octanol–water partition coefficient (Wildman–Crippen LogP) is 3.01. The van der Waals surface area contributed by atoms with Crippen LogP contribution in [-0.4, -0.2) is 25.3 Å².